The lowest BCUT2D eigenvalue weighted by atomic mass is 9.97. The molecular formula is C24H28ClN3O4. The number of benzene rings is 1. The van der Waals surface area contributed by atoms with Gasteiger partial charge >= 0.3 is 0 Å². The molecule has 1 aromatic carbocycles. The third-order valence-electron chi connectivity index (χ3n) is 5.07. The number of aromatic nitrogens is 1. The Morgan fingerprint density at radius 2 is 1.97 bits per heavy atom. The standard InChI is InChI=1S/C24H28ClN3O4/c1-3-31-20-10-7-17(14-21(20)32-4-2)8-12-23(29)28-13-5-6-18(16-28)24(30)27-22-11-9-19(25)15-26-22/h7-12,14-15,18H,3-6,13,16H2,1-2H3,(H,26,27,30). The van der Waals surface area contributed by atoms with E-state index in [1.165, 1.54) is 12.3 Å². The molecule has 170 valence electrons. The lowest BCUT2D eigenvalue weighted by molar-refractivity contribution is -0.130. The molecule has 1 aromatic heterocycles. The lowest BCUT2D eigenvalue weighted by Gasteiger charge is -2.31. The third kappa shape index (κ3) is 6.47. The highest BCUT2D eigenvalue weighted by atomic mass is 35.5. The smallest absolute Gasteiger partial charge is 0.246 e. The molecule has 2 amide bonds. The number of nitrogens with one attached hydrogen (secondary N) is 1. The maximum absolute atomic E-state index is 12.7. The highest BCUT2D eigenvalue weighted by Gasteiger charge is 2.27. The molecule has 0 saturated carbocycles. The van der Waals surface area contributed by atoms with Crippen molar-refractivity contribution in [3.63, 3.8) is 0 Å². The minimum absolute atomic E-state index is 0.126. The predicted octanol–water partition coefficient (Wildman–Crippen LogP) is 4.42. The van der Waals surface area contributed by atoms with Gasteiger partial charge in [-0.15, -0.1) is 0 Å². The fraction of sp³-hybridized carbons (Fsp3) is 0.375. The monoisotopic (exact) mass is 457 g/mol. The first kappa shape index (κ1) is 23.6. The van der Waals surface area contributed by atoms with Crippen molar-refractivity contribution >= 4 is 35.3 Å². The quantitative estimate of drug-likeness (QED) is 0.593. The second-order valence-corrected chi connectivity index (χ2v) is 7.82. The van der Waals surface area contributed by atoms with Gasteiger partial charge in [0.2, 0.25) is 11.8 Å². The Bertz CT molecular complexity index is 962. The molecule has 1 atom stereocenters. The van der Waals surface area contributed by atoms with E-state index in [9.17, 15) is 9.59 Å². The molecule has 0 aliphatic carbocycles. The summed E-state index contributed by atoms with van der Waals surface area (Å²) in [7, 11) is 0. The van der Waals surface area contributed by atoms with Crippen molar-refractivity contribution in [1.29, 1.82) is 0 Å². The molecule has 32 heavy (non-hydrogen) atoms. The van der Waals surface area contributed by atoms with Crippen LogP contribution in [-0.4, -0.2) is 48.0 Å². The number of hydrogen-bond acceptors (Lipinski definition) is 5. The number of nitrogens with zero attached hydrogens (tertiary/aromatic N) is 2. The molecule has 1 N–H and O–H groups in total. The van der Waals surface area contributed by atoms with Gasteiger partial charge in [0.1, 0.15) is 5.82 Å². The molecule has 1 fully saturated rings. The van der Waals surface area contributed by atoms with Crippen LogP contribution in [0.3, 0.4) is 0 Å². The van der Waals surface area contributed by atoms with Gasteiger partial charge in [-0.2, -0.15) is 0 Å². The van der Waals surface area contributed by atoms with Gasteiger partial charge in [0.05, 0.1) is 24.2 Å². The van der Waals surface area contributed by atoms with Crippen molar-refractivity contribution in [2.45, 2.75) is 26.7 Å². The highest BCUT2D eigenvalue weighted by Crippen LogP contribution is 2.29. The topological polar surface area (TPSA) is 80.8 Å². The van der Waals surface area contributed by atoms with E-state index in [0.717, 1.165) is 18.4 Å². The number of halogens is 1. The summed E-state index contributed by atoms with van der Waals surface area (Å²) in [6.07, 6.45) is 6.26. The van der Waals surface area contributed by atoms with Crippen LogP contribution in [0.4, 0.5) is 5.82 Å². The zero-order valence-corrected chi connectivity index (χ0v) is 19.1. The summed E-state index contributed by atoms with van der Waals surface area (Å²) in [6.45, 7) is 5.89. The highest BCUT2D eigenvalue weighted by molar-refractivity contribution is 6.30. The van der Waals surface area contributed by atoms with Crippen LogP contribution in [0.1, 0.15) is 32.3 Å². The van der Waals surface area contributed by atoms with Gasteiger partial charge in [0, 0.05) is 25.4 Å². The van der Waals surface area contributed by atoms with Crippen LogP contribution in [0, 0.1) is 5.92 Å². The summed E-state index contributed by atoms with van der Waals surface area (Å²) in [5.41, 5.74) is 0.838. The third-order valence-corrected chi connectivity index (χ3v) is 5.29. The summed E-state index contributed by atoms with van der Waals surface area (Å²) in [5, 5.41) is 3.30. The van der Waals surface area contributed by atoms with Crippen LogP contribution in [-0.2, 0) is 9.59 Å². The van der Waals surface area contributed by atoms with Crippen molar-refractivity contribution in [3.8, 4) is 11.5 Å². The zero-order valence-electron chi connectivity index (χ0n) is 18.3. The predicted molar refractivity (Wildman–Crippen MR) is 125 cm³/mol. The van der Waals surface area contributed by atoms with Crippen LogP contribution < -0.4 is 14.8 Å². The number of rotatable bonds is 8. The lowest BCUT2D eigenvalue weighted by Crippen LogP contribution is -2.43. The van der Waals surface area contributed by atoms with Gasteiger partial charge in [-0.3, -0.25) is 9.59 Å². The van der Waals surface area contributed by atoms with Crippen LogP contribution in [0.15, 0.2) is 42.6 Å². The van der Waals surface area contributed by atoms with Gasteiger partial charge in [-0.05, 0) is 62.6 Å². The van der Waals surface area contributed by atoms with Gasteiger partial charge in [0.15, 0.2) is 11.5 Å². The van der Waals surface area contributed by atoms with Gasteiger partial charge in [-0.1, -0.05) is 17.7 Å². The average molecular weight is 458 g/mol. The summed E-state index contributed by atoms with van der Waals surface area (Å²) in [6, 6.07) is 8.89. The summed E-state index contributed by atoms with van der Waals surface area (Å²) in [5.74, 6) is 1.22. The number of piperidine rings is 1. The minimum Gasteiger partial charge on any atom is -0.490 e. The maximum atomic E-state index is 12.7. The molecule has 0 radical (unpaired) electrons. The van der Waals surface area contributed by atoms with E-state index in [2.05, 4.69) is 10.3 Å². The molecule has 0 bridgehead atoms. The number of anilines is 1. The van der Waals surface area contributed by atoms with E-state index < -0.39 is 0 Å². The Kier molecular flexibility index (Phi) is 8.50. The first-order valence-electron chi connectivity index (χ1n) is 10.8. The Balaban J connectivity index is 1.61. The van der Waals surface area contributed by atoms with Crippen molar-refractivity contribution in [1.82, 2.24) is 9.88 Å². The second kappa shape index (κ2) is 11.5. The van der Waals surface area contributed by atoms with Crippen molar-refractivity contribution in [2.24, 2.45) is 5.92 Å². The van der Waals surface area contributed by atoms with Crippen molar-refractivity contribution in [2.75, 3.05) is 31.6 Å². The Labute approximate surface area is 193 Å². The first-order valence-corrected chi connectivity index (χ1v) is 11.2. The number of amides is 2. The zero-order chi connectivity index (χ0) is 22.9. The molecule has 8 heteroatoms. The van der Waals surface area contributed by atoms with E-state index in [4.69, 9.17) is 21.1 Å². The molecule has 1 aliphatic rings. The van der Waals surface area contributed by atoms with Crippen LogP contribution in [0.25, 0.3) is 6.08 Å². The van der Waals surface area contributed by atoms with Crippen molar-refractivity contribution in [3.05, 3.63) is 53.2 Å². The van der Waals surface area contributed by atoms with E-state index in [0.29, 0.717) is 48.6 Å². The van der Waals surface area contributed by atoms with Crippen molar-refractivity contribution < 1.29 is 19.1 Å². The summed E-state index contributed by atoms with van der Waals surface area (Å²) >= 11 is 5.83. The van der Waals surface area contributed by atoms with Gasteiger partial charge < -0.3 is 19.7 Å². The molecular weight excluding hydrogens is 430 g/mol. The fourth-order valence-corrected chi connectivity index (χ4v) is 3.63. The SMILES string of the molecule is CCOc1ccc(C=CC(=O)N2CCCC(C(=O)Nc3ccc(Cl)cn3)C2)cc1OCC. The van der Waals surface area contributed by atoms with E-state index >= 15 is 0 Å². The fourth-order valence-electron chi connectivity index (χ4n) is 3.51. The Morgan fingerprint density at radius 3 is 2.69 bits per heavy atom. The van der Waals surface area contributed by atoms with Crippen LogP contribution >= 0.6 is 11.6 Å². The van der Waals surface area contributed by atoms with E-state index in [1.807, 2.05) is 32.0 Å². The number of ether oxygens (including phenoxy) is 2. The van der Waals surface area contributed by atoms with Crippen LogP contribution in [0.5, 0.6) is 11.5 Å². The normalized spacial score (nSPS) is 16.1. The second-order valence-electron chi connectivity index (χ2n) is 7.38. The number of likely N-dealkylation sites (tertiary alicyclic amines) is 1. The largest absolute Gasteiger partial charge is 0.490 e. The Hall–Kier alpha value is -3.06. The maximum Gasteiger partial charge on any atom is 0.246 e. The molecule has 2 heterocycles. The number of pyridine rings is 1. The van der Waals surface area contributed by atoms with E-state index in [1.54, 1.807) is 23.1 Å². The summed E-state index contributed by atoms with van der Waals surface area (Å²) in [4.78, 5) is 31.2. The Morgan fingerprint density at radius 1 is 1.19 bits per heavy atom. The molecule has 0 spiro atoms. The number of carbonyl (C=O) groups is 2. The molecule has 1 unspecified atom stereocenters. The first-order chi connectivity index (χ1) is 15.5. The van der Waals surface area contributed by atoms with Gasteiger partial charge in [-0.25, -0.2) is 4.98 Å². The molecule has 7 nitrogen and oxygen atoms in total. The molecule has 3 rings (SSSR count). The number of hydrogen-bond donors (Lipinski definition) is 1. The molecule has 1 aliphatic heterocycles. The summed E-state index contributed by atoms with van der Waals surface area (Å²) < 4.78 is 11.2. The van der Waals surface area contributed by atoms with Crippen LogP contribution in [0.2, 0.25) is 5.02 Å². The average Bonchev–Trinajstić information content (AvgIpc) is 2.81. The number of carbonyl (C=O) groups excluding carboxylic acids is 2. The van der Waals surface area contributed by atoms with E-state index in [-0.39, 0.29) is 17.7 Å². The molecule has 2 aromatic rings. The van der Waals surface area contributed by atoms with Gasteiger partial charge in [0.25, 0.3) is 0 Å². The minimum atomic E-state index is -0.284. The molecule has 1 saturated heterocycles.